The molecule has 3 rings (SSSR count). The fourth-order valence-electron chi connectivity index (χ4n) is 3.01. The zero-order valence-corrected chi connectivity index (χ0v) is 14.8. The van der Waals surface area contributed by atoms with Crippen molar-refractivity contribution in [1.29, 1.82) is 0 Å². The van der Waals surface area contributed by atoms with Gasteiger partial charge in [-0.25, -0.2) is 0 Å². The largest absolute Gasteiger partial charge is 0.451 e. The Morgan fingerprint density at radius 2 is 1.88 bits per heavy atom. The number of fused-ring (bicyclic) bond motifs is 1. The van der Waals surface area contributed by atoms with E-state index in [9.17, 15) is 4.79 Å². The number of furan rings is 1. The first kappa shape index (κ1) is 17.2. The van der Waals surface area contributed by atoms with Crippen molar-refractivity contribution in [3.8, 4) is 0 Å². The normalized spacial score (nSPS) is 12.3. The summed E-state index contributed by atoms with van der Waals surface area (Å²) in [5.41, 5.74) is 3.42. The van der Waals surface area contributed by atoms with Gasteiger partial charge in [0.15, 0.2) is 5.76 Å². The highest BCUT2D eigenvalue weighted by molar-refractivity contribution is 6.06. The minimum atomic E-state index is -0.251. The first-order valence-electron chi connectivity index (χ1n) is 8.55. The summed E-state index contributed by atoms with van der Waals surface area (Å²) in [6.45, 7) is 4.62. The number of carbonyl (C=O) groups is 1. The van der Waals surface area contributed by atoms with E-state index in [1.54, 1.807) is 7.11 Å². The third-order valence-electron chi connectivity index (χ3n) is 4.55. The van der Waals surface area contributed by atoms with E-state index in [1.165, 1.54) is 0 Å². The standard InChI is InChI=1S/C21H23NO3/c1-4-14(2)15-9-5-7-11-18(15)22-21(23)20-17(13-24-3)16-10-6-8-12-19(16)25-20/h5-12,14H,4,13H2,1-3H3,(H,22,23)/t14-/m0/s1. The highest BCUT2D eigenvalue weighted by atomic mass is 16.5. The van der Waals surface area contributed by atoms with Crippen LogP contribution in [0.2, 0.25) is 0 Å². The number of carbonyl (C=O) groups excluding carboxylic acids is 1. The van der Waals surface area contributed by atoms with Crippen LogP contribution in [0.4, 0.5) is 5.69 Å². The number of methoxy groups -OCH3 is 1. The molecule has 130 valence electrons. The summed E-state index contributed by atoms with van der Waals surface area (Å²) < 4.78 is 11.1. The van der Waals surface area contributed by atoms with Crippen LogP contribution < -0.4 is 5.32 Å². The fourth-order valence-corrected chi connectivity index (χ4v) is 3.01. The van der Waals surface area contributed by atoms with E-state index in [2.05, 4.69) is 25.2 Å². The minimum absolute atomic E-state index is 0.251. The van der Waals surface area contributed by atoms with E-state index in [0.29, 0.717) is 23.9 Å². The third-order valence-corrected chi connectivity index (χ3v) is 4.55. The monoisotopic (exact) mass is 337 g/mol. The number of ether oxygens (including phenoxy) is 1. The Morgan fingerprint density at radius 3 is 2.64 bits per heavy atom. The second-order valence-electron chi connectivity index (χ2n) is 6.19. The molecule has 2 aromatic carbocycles. The number of hydrogen-bond donors (Lipinski definition) is 1. The quantitative estimate of drug-likeness (QED) is 0.660. The van der Waals surface area contributed by atoms with Crippen molar-refractivity contribution in [3.05, 3.63) is 65.4 Å². The molecule has 3 aromatic rings. The topological polar surface area (TPSA) is 51.5 Å². The zero-order chi connectivity index (χ0) is 17.8. The number of amides is 1. The van der Waals surface area contributed by atoms with Crippen LogP contribution in [0.1, 0.15) is 47.9 Å². The predicted molar refractivity (Wildman–Crippen MR) is 100 cm³/mol. The van der Waals surface area contributed by atoms with Crippen LogP contribution in [0.3, 0.4) is 0 Å². The Labute approximate surface area is 147 Å². The first-order valence-corrected chi connectivity index (χ1v) is 8.55. The van der Waals surface area contributed by atoms with Gasteiger partial charge < -0.3 is 14.5 Å². The van der Waals surface area contributed by atoms with Gasteiger partial charge in [-0.15, -0.1) is 0 Å². The van der Waals surface area contributed by atoms with Gasteiger partial charge in [0, 0.05) is 23.7 Å². The van der Waals surface area contributed by atoms with Crippen molar-refractivity contribution >= 4 is 22.6 Å². The lowest BCUT2D eigenvalue weighted by Crippen LogP contribution is -2.15. The van der Waals surface area contributed by atoms with E-state index >= 15 is 0 Å². The maximum absolute atomic E-state index is 12.9. The lowest BCUT2D eigenvalue weighted by molar-refractivity contribution is 0.0992. The molecule has 0 saturated heterocycles. The van der Waals surface area contributed by atoms with Crippen LogP contribution in [0.15, 0.2) is 52.9 Å². The maximum atomic E-state index is 12.9. The Balaban J connectivity index is 1.97. The second kappa shape index (κ2) is 7.53. The molecular weight excluding hydrogens is 314 g/mol. The first-order chi connectivity index (χ1) is 12.2. The van der Waals surface area contributed by atoms with Crippen molar-refractivity contribution < 1.29 is 13.9 Å². The predicted octanol–water partition coefficient (Wildman–Crippen LogP) is 5.35. The van der Waals surface area contributed by atoms with Crippen molar-refractivity contribution in [2.24, 2.45) is 0 Å². The number of nitrogens with one attached hydrogen (secondary N) is 1. The van der Waals surface area contributed by atoms with Gasteiger partial charge in [0.2, 0.25) is 0 Å². The summed E-state index contributed by atoms with van der Waals surface area (Å²) in [6.07, 6.45) is 1.01. The number of rotatable bonds is 6. The van der Waals surface area contributed by atoms with Gasteiger partial charge in [-0.2, -0.15) is 0 Å². The van der Waals surface area contributed by atoms with Gasteiger partial charge in [0.25, 0.3) is 5.91 Å². The zero-order valence-electron chi connectivity index (χ0n) is 14.8. The van der Waals surface area contributed by atoms with E-state index in [0.717, 1.165) is 28.6 Å². The summed E-state index contributed by atoms with van der Waals surface area (Å²) in [6, 6.07) is 15.5. The third kappa shape index (κ3) is 3.44. The summed E-state index contributed by atoms with van der Waals surface area (Å²) in [5.74, 6) is 0.423. The maximum Gasteiger partial charge on any atom is 0.291 e. The van der Waals surface area contributed by atoms with Crippen LogP contribution in [0.25, 0.3) is 11.0 Å². The molecule has 4 heteroatoms. The van der Waals surface area contributed by atoms with Gasteiger partial charge in [0.05, 0.1) is 6.61 Å². The Bertz CT molecular complexity index is 882. The molecule has 0 spiro atoms. The molecule has 1 N–H and O–H groups in total. The lowest BCUT2D eigenvalue weighted by Gasteiger charge is -2.15. The molecule has 0 bridgehead atoms. The highest BCUT2D eigenvalue weighted by Gasteiger charge is 2.21. The van der Waals surface area contributed by atoms with Crippen LogP contribution in [0, 0.1) is 0 Å². The van der Waals surface area contributed by atoms with Gasteiger partial charge in [-0.3, -0.25) is 4.79 Å². The summed E-state index contributed by atoms with van der Waals surface area (Å²) in [4.78, 5) is 12.9. The van der Waals surface area contributed by atoms with E-state index in [1.807, 2.05) is 42.5 Å². The van der Waals surface area contributed by atoms with Crippen molar-refractivity contribution in [1.82, 2.24) is 0 Å². The van der Waals surface area contributed by atoms with Gasteiger partial charge in [-0.1, -0.05) is 50.2 Å². The molecule has 1 amide bonds. The highest BCUT2D eigenvalue weighted by Crippen LogP contribution is 2.30. The van der Waals surface area contributed by atoms with Crippen LogP contribution in [-0.4, -0.2) is 13.0 Å². The Kier molecular flexibility index (Phi) is 5.19. The van der Waals surface area contributed by atoms with Crippen LogP contribution in [-0.2, 0) is 11.3 Å². The van der Waals surface area contributed by atoms with E-state index in [-0.39, 0.29) is 5.91 Å². The van der Waals surface area contributed by atoms with Crippen molar-refractivity contribution in [3.63, 3.8) is 0 Å². The molecule has 0 aliphatic heterocycles. The number of hydrogen-bond acceptors (Lipinski definition) is 3. The Hall–Kier alpha value is -2.59. The molecule has 0 saturated carbocycles. The second-order valence-corrected chi connectivity index (χ2v) is 6.19. The summed E-state index contributed by atoms with van der Waals surface area (Å²) in [7, 11) is 1.61. The van der Waals surface area contributed by atoms with Gasteiger partial charge >= 0.3 is 0 Å². The van der Waals surface area contributed by atoms with Crippen LogP contribution in [0.5, 0.6) is 0 Å². The number of para-hydroxylation sites is 2. The molecule has 0 aliphatic rings. The molecule has 1 heterocycles. The number of anilines is 1. The van der Waals surface area contributed by atoms with Crippen molar-refractivity contribution in [2.75, 3.05) is 12.4 Å². The average Bonchev–Trinajstić information content (AvgIpc) is 3.01. The summed E-state index contributed by atoms with van der Waals surface area (Å²) >= 11 is 0. The smallest absolute Gasteiger partial charge is 0.291 e. The molecule has 1 atom stereocenters. The molecular formula is C21H23NO3. The molecule has 25 heavy (non-hydrogen) atoms. The van der Waals surface area contributed by atoms with Gasteiger partial charge in [-0.05, 0) is 30.0 Å². The minimum Gasteiger partial charge on any atom is -0.451 e. The molecule has 1 aromatic heterocycles. The molecule has 4 nitrogen and oxygen atoms in total. The number of benzene rings is 2. The fraction of sp³-hybridized carbons (Fsp3) is 0.286. The Morgan fingerprint density at radius 1 is 1.16 bits per heavy atom. The molecule has 0 unspecified atom stereocenters. The van der Waals surface area contributed by atoms with Crippen LogP contribution >= 0.6 is 0 Å². The average molecular weight is 337 g/mol. The summed E-state index contributed by atoms with van der Waals surface area (Å²) in [5, 5.41) is 3.92. The SMILES string of the molecule is CC[C@H](C)c1ccccc1NC(=O)c1oc2ccccc2c1COC. The molecule has 0 fully saturated rings. The van der Waals surface area contributed by atoms with Gasteiger partial charge in [0.1, 0.15) is 5.58 Å². The lowest BCUT2D eigenvalue weighted by atomic mass is 9.97. The van der Waals surface area contributed by atoms with E-state index < -0.39 is 0 Å². The molecule has 0 radical (unpaired) electrons. The van der Waals surface area contributed by atoms with E-state index in [4.69, 9.17) is 9.15 Å². The van der Waals surface area contributed by atoms with Crippen molar-refractivity contribution in [2.45, 2.75) is 32.8 Å². The molecule has 0 aliphatic carbocycles.